The van der Waals surface area contributed by atoms with Crippen LogP contribution in [-0.4, -0.2) is 40.8 Å². The van der Waals surface area contributed by atoms with E-state index in [0.29, 0.717) is 12.5 Å². The minimum atomic E-state index is -0.461. The number of carbonyl (C=O) groups is 1. The molecule has 0 N–H and O–H groups in total. The standard InChI is InChI=1S/C17H25BrN2O3/c1-17(2,3)23-16(21)20-10-5-4-6-14(20)9-11-22-15-8-7-13(18)12-19-15/h7-8,12,14H,4-6,9-11H2,1-3H3/t14-/m0/s1. The first-order chi connectivity index (χ1) is 10.8. The second-order valence-corrected chi connectivity index (χ2v) is 7.69. The van der Waals surface area contributed by atoms with Crippen molar-refractivity contribution in [3.8, 4) is 5.88 Å². The Morgan fingerprint density at radius 1 is 1.39 bits per heavy atom. The molecule has 1 fully saturated rings. The molecule has 1 aromatic rings. The average molecular weight is 385 g/mol. The largest absolute Gasteiger partial charge is 0.478 e. The molecule has 1 aromatic heterocycles. The highest BCUT2D eigenvalue weighted by Gasteiger charge is 2.30. The van der Waals surface area contributed by atoms with Crippen LogP contribution in [-0.2, 0) is 4.74 Å². The molecule has 2 heterocycles. The molecule has 128 valence electrons. The first-order valence-corrected chi connectivity index (χ1v) is 8.88. The number of hydrogen-bond acceptors (Lipinski definition) is 4. The summed E-state index contributed by atoms with van der Waals surface area (Å²) in [6, 6.07) is 3.90. The highest BCUT2D eigenvalue weighted by molar-refractivity contribution is 9.10. The van der Waals surface area contributed by atoms with E-state index in [1.54, 1.807) is 6.20 Å². The van der Waals surface area contributed by atoms with Crippen molar-refractivity contribution in [3.05, 3.63) is 22.8 Å². The van der Waals surface area contributed by atoms with Gasteiger partial charge < -0.3 is 14.4 Å². The molecule has 1 aliphatic heterocycles. The normalized spacial score (nSPS) is 18.6. The van der Waals surface area contributed by atoms with Crippen molar-refractivity contribution in [3.63, 3.8) is 0 Å². The fraction of sp³-hybridized carbons (Fsp3) is 0.647. The minimum absolute atomic E-state index is 0.175. The van der Waals surface area contributed by atoms with E-state index in [0.717, 1.165) is 36.7 Å². The van der Waals surface area contributed by atoms with Gasteiger partial charge >= 0.3 is 6.09 Å². The summed E-state index contributed by atoms with van der Waals surface area (Å²) in [5.41, 5.74) is -0.461. The molecule has 1 atom stereocenters. The SMILES string of the molecule is CC(C)(C)OC(=O)N1CCCC[C@H]1CCOc1ccc(Br)cn1. The van der Waals surface area contributed by atoms with Crippen LogP contribution in [0.1, 0.15) is 46.5 Å². The number of amides is 1. The van der Waals surface area contributed by atoms with E-state index in [4.69, 9.17) is 9.47 Å². The van der Waals surface area contributed by atoms with Gasteiger partial charge in [0.05, 0.1) is 6.61 Å². The van der Waals surface area contributed by atoms with E-state index >= 15 is 0 Å². The summed E-state index contributed by atoms with van der Waals surface area (Å²) in [5.74, 6) is 0.604. The van der Waals surface area contributed by atoms with Gasteiger partial charge in [0, 0.05) is 35.7 Å². The molecule has 2 rings (SSSR count). The molecule has 0 aliphatic carbocycles. The van der Waals surface area contributed by atoms with Crippen LogP contribution in [0.4, 0.5) is 4.79 Å². The third kappa shape index (κ3) is 6.01. The Bertz CT molecular complexity index is 514. The fourth-order valence-corrected chi connectivity index (χ4v) is 2.84. The number of piperidine rings is 1. The zero-order valence-corrected chi connectivity index (χ0v) is 15.6. The van der Waals surface area contributed by atoms with Crippen molar-refractivity contribution in [2.45, 2.75) is 58.1 Å². The van der Waals surface area contributed by atoms with E-state index in [1.165, 1.54) is 0 Å². The monoisotopic (exact) mass is 384 g/mol. The number of halogens is 1. The molecule has 0 unspecified atom stereocenters. The van der Waals surface area contributed by atoms with Crippen LogP contribution in [0.25, 0.3) is 0 Å². The summed E-state index contributed by atoms with van der Waals surface area (Å²) in [7, 11) is 0. The molecule has 0 saturated carbocycles. The lowest BCUT2D eigenvalue weighted by atomic mass is 10.0. The van der Waals surface area contributed by atoms with Crippen LogP contribution in [0, 0.1) is 0 Å². The smallest absolute Gasteiger partial charge is 0.410 e. The number of rotatable bonds is 4. The van der Waals surface area contributed by atoms with Crippen molar-refractivity contribution < 1.29 is 14.3 Å². The maximum atomic E-state index is 12.3. The lowest BCUT2D eigenvalue weighted by Gasteiger charge is -2.36. The van der Waals surface area contributed by atoms with Crippen LogP contribution in [0.3, 0.4) is 0 Å². The van der Waals surface area contributed by atoms with Gasteiger partial charge in [0.2, 0.25) is 5.88 Å². The van der Waals surface area contributed by atoms with Gasteiger partial charge in [-0.25, -0.2) is 9.78 Å². The number of pyridine rings is 1. The molecule has 5 nitrogen and oxygen atoms in total. The molecule has 6 heteroatoms. The fourth-order valence-electron chi connectivity index (χ4n) is 2.61. The van der Waals surface area contributed by atoms with Gasteiger partial charge in [0.15, 0.2) is 0 Å². The second kappa shape index (κ2) is 7.99. The highest BCUT2D eigenvalue weighted by atomic mass is 79.9. The number of nitrogens with zero attached hydrogens (tertiary/aromatic N) is 2. The molecule has 1 amide bonds. The maximum absolute atomic E-state index is 12.3. The van der Waals surface area contributed by atoms with Gasteiger partial charge in [-0.3, -0.25) is 0 Å². The van der Waals surface area contributed by atoms with Crippen LogP contribution in [0.5, 0.6) is 5.88 Å². The number of likely N-dealkylation sites (tertiary alicyclic amines) is 1. The highest BCUT2D eigenvalue weighted by Crippen LogP contribution is 2.23. The lowest BCUT2D eigenvalue weighted by molar-refractivity contribution is 0.00738. The predicted molar refractivity (Wildman–Crippen MR) is 92.6 cm³/mol. The summed E-state index contributed by atoms with van der Waals surface area (Å²) in [4.78, 5) is 18.4. The van der Waals surface area contributed by atoms with Crippen molar-refractivity contribution in [2.75, 3.05) is 13.2 Å². The molecule has 23 heavy (non-hydrogen) atoms. The van der Waals surface area contributed by atoms with Gasteiger partial charge in [-0.2, -0.15) is 0 Å². The quantitative estimate of drug-likeness (QED) is 0.771. The van der Waals surface area contributed by atoms with E-state index in [2.05, 4.69) is 20.9 Å². The molecule has 0 spiro atoms. The topological polar surface area (TPSA) is 51.7 Å². The van der Waals surface area contributed by atoms with Crippen molar-refractivity contribution in [2.24, 2.45) is 0 Å². The zero-order valence-electron chi connectivity index (χ0n) is 14.0. The number of carbonyl (C=O) groups excluding carboxylic acids is 1. The third-order valence-electron chi connectivity index (χ3n) is 3.66. The first-order valence-electron chi connectivity index (χ1n) is 8.09. The lowest BCUT2D eigenvalue weighted by Crippen LogP contribution is -2.46. The van der Waals surface area contributed by atoms with Gasteiger partial charge in [0.25, 0.3) is 0 Å². The Labute approximate surface area is 146 Å². The molecule has 1 saturated heterocycles. The van der Waals surface area contributed by atoms with Crippen molar-refractivity contribution in [1.82, 2.24) is 9.88 Å². The second-order valence-electron chi connectivity index (χ2n) is 6.78. The van der Waals surface area contributed by atoms with Gasteiger partial charge in [-0.1, -0.05) is 0 Å². The zero-order chi connectivity index (χ0) is 16.9. The summed E-state index contributed by atoms with van der Waals surface area (Å²) in [5, 5.41) is 0. The van der Waals surface area contributed by atoms with E-state index in [9.17, 15) is 4.79 Å². The predicted octanol–water partition coefficient (Wildman–Crippen LogP) is 4.40. The van der Waals surface area contributed by atoms with E-state index < -0.39 is 5.60 Å². The summed E-state index contributed by atoms with van der Waals surface area (Å²) in [6.45, 7) is 6.99. The van der Waals surface area contributed by atoms with Crippen LogP contribution < -0.4 is 4.74 Å². The molecular formula is C17H25BrN2O3. The summed E-state index contributed by atoms with van der Waals surface area (Å²) < 4.78 is 12.1. The maximum Gasteiger partial charge on any atom is 0.410 e. The van der Waals surface area contributed by atoms with E-state index in [1.807, 2.05) is 37.8 Å². The van der Waals surface area contributed by atoms with Crippen molar-refractivity contribution >= 4 is 22.0 Å². The Morgan fingerprint density at radius 3 is 2.83 bits per heavy atom. The van der Waals surface area contributed by atoms with Crippen molar-refractivity contribution in [1.29, 1.82) is 0 Å². The average Bonchev–Trinajstić information content (AvgIpc) is 2.48. The Balaban J connectivity index is 1.86. The van der Waals surface area contributed by atoms with E-state index in [-0.39, 0.29) is 12.1 Å². The van der Waals surface area contributed by atoms with Gasteiger partial charge in [0.1, 0.15) is 5.60 Å². The molecule has 0 aromatic carbocycles. The Hall–Kier alpha value is -1.30. The summed E-state index contributed by atoms with van der Waals surface area (Å²) >= 11 is 3.35. The molecule has 0 bridgehead atoms. The number of ether oxygens (including phenoxy) is 2. The minimum Gasteiger partial charge on any atom is -0.478 e. The van der Waals surface area contributed by atoms with Crippen LogP contribution >= 0.6 is 15.9 Å². The Morgan fingerprint density at radius 2 is 2.17 bits per heavy atom. The molecule has 0 radical (unpaired) electrons. The summed E-state index contributed by atoms with van der Waals surface area (Å²) in [6.07, 6.45) is 5.45. The Kier molecular flexibility index (Phi) is 6.27. The first kappa shape index (κ1) is 18.0. The number of hydrogen-bond donors (Lipinski definition) is 0. The number of aromatic nitrogens is 1. The van der Waals surface area contributed by atoms with Gasteiger partial charge in [-0.15, -0.1) is 0 Å². The van der Waals surface area contributed by atoms with Crippen LogP contribution in [0.15, 0.2) is 22.8 Å². The molecule has 1 aliphatic rings. The molecular weight excluding hydrogens is 360 g/mol. The van der Waals surface area contributed by atoms with Crippen LogP contribution in [0.2, 0.25) is 0 Å². The third-order valence-corrected chi connectivity index (χ3v) is 4.13. The van der Waals surface area contributed by atoms with Gasteiger partial charge in [-0.05, 0) is 62.0 Å².